The summed E-state index contributed by atoms with van der Waals surface area (Å²) in [5, 5.41) is 0. The molecule has 1 aliphatic heterocycles. The van der Waals surface area contributed by atoms with Crippen LogP contribution in [0.2, 0.25) is 0 Å². The van der Waals surface area contributed by atoms with Crippen molar-refractivity contribution in [2.45, 2.75) is 122 Å². The van der Waals surface area contributed by atoms with Crippen molar-refractivity contribution in [1.82, 2.24) is 9.80 Å². The highest BCUT2D eigenvalue weighted by atomic mass is 19.1. The number of carbonyl (C=O) groups excluding carboxylic acids is 5. The Kier molecular flexibility index (Phi) is 15.2. The van der Waals surface area contributed by atoms with Crippen molar-refractivity contribution in [2.24, 2.45) is 5.92 Å². The van der Waals surface area contributed by atoms with Crippen LogP contribution < -0.4 is 4.74 Å². The third-order valence-corrected chi connectivity index (χ3v) is 9.84. The lowest BCUT2D eigenvalue weighted by atomic mass is 9.90. The van der Waals surface area contributed by atoms with Gasteiger partial charge in [-0.1, -0.05) is 62.6 Å². The number of benzene rings is 2. The van der Waals surface area contributed by atoms with Gasteiger partial charge in [-0.3, -0.25) is 9.69 Å². The van der Waals surface area contributed by atoms with Crippen LogP contribution in [-0.2, 0) is 39.9 Å². The van der Waals surface area contributed by atoms with Gasteiger partial charge in [0.05, 0.1) is 5.56 Å². The molecule has 2 aromatic rings. The second-order valence-corrected chi connectivity index (χ2v) is 15.9. The second-order valence-electron chi connectivity index (χ2n) is 15.9. The number of esters is 3. The van der Waals surface area contributed by atoms with Crippen LogP contribution in [0.15, 0.2) is 48.5 Å². The van der Waals surface area contributed by atoms with Gasteiger partial charge in [-0.15, -0.1) is 0 Å². The summed E-state index contributed by atoms with van der Waals surface area (Å²) in [5.41, 5.74) is -1.14. The van der Waals surface area contributed by atoms with Gasteiger partial charge in [0.25, 0.3) is 5.91 Å². The molecule has 0 bridgehead atoms. The van der Waals surface area contributed by atoms with Crippen molar-refractivity contribution >= 4 is 29.9 Å². The topological polar surface area (TPSA) is 138 Å². The van der Waals surface area contributed by atoms with Crippen LogP contribution >= 0.6 is 0 Å². The summed E-state index contributed by atoms with van der Waals surface area (Å²) in [4.78, 5) is 69.9. The molecular weight excluding hydrogens is 711 g/mol. The van der Waals surface area contributed by atoms with Gasteiger partial charge in [0.15, 0.2) is 6.61 Å². The highest BCUT2D eigenvalue weighted by molar-refractivity contribution is 6.00. The van der Waals surface area contributed by atoms with E-state index in [0.29, 0.717) is 38.9 Å². The lowest BCUT2D eigenvalue weighted by molar-refractivity contribution is -0.162. The molecule has 0 aromatic heterocycles. The maximum atomic E-state index is 15.8. The molecule has 3 atom stereocenters. The van der Waals surface area contributed by atoms with Crippen molar-refractivity contribution < 1.29 is 52.0 Å². The standard InChI is InChI=1S/C42H57FN2O10/c1-8-20-42(5,43)25-34(45(7)40(50)55-41(2,3)4)39(49)54-35-24-31(30-18-21-51-22-19-30)16-17-32(35)37(47)44(6)33(23-28-14-15-28)38(48)53-27-36(46)52-26-29-12-10-9-11-13-29/h9-13,16-17,24,28,30,33-34H,8,14-15,18-23,25-27H2,1-7H3/t33-,34-,42?/m0/s1. The highest BCUT2D eigenvalue weighted by Gasteiger charge is 2.40. The quantitative estimate of drug-likeness (QED) is 0.0926. The summed E-state index contributed by atoms with van der Waals surface area (Å²) in [6, 6.07) is 11.6. The molecule has 1 heterocycles. The first-order valence-corrected chi connectivity index (χ1v) is 19.2. The zero-order valence-corrected chi connectivity index (χ0v) is 33.3. The molecule has 13 heteroatoms. The molecule has 55 heavy (non-hydrogen) atoms. The highest BCUT2D eigenvalue weighted by Crippen LogP contribution is 2.37. The molecule has 302 valence electrons. The molecule has 2 fully saturated rings. The fourth-order valence-corrected chi connectivity index (χ4v) is 6.55. The van der Waals surface area contributed by atoms with E-state index in [0.717, 1.165) is 28.9 Å². The summed E-state index contributed by atoms with van der Waals surface area (Å²) < 4.78 is 43.5. The molecule has 0 radical (unpaired) electrons. The number of hydrogen-bond acceptors (Lipinski definition) is 10. The number of nitrogens with zero attached hydrogens (tertiary/aromatic N) is 2. The van der Waals surface area contributed by atoms with Crippen LogP contribution in [0.3, 0.4) is 0 Å². The molecule has 1 unspecified atom stereocenters. The number of hydrogen-bond donors (Lipinski definition) is 0. The molecule has 0 spiro atoms. The number of carbonyl (C=O) groups is 5. The molecule has 2 aromatic carbocycles. The van der Waals surface area contributed by atoms with Gasteiger partial charge in [-0.05, 0) is 88.5 Å². The zero-order chi connectivity index (χ0) is 40.3. The number of alkyl halides is 1. The van der Waals surface area contributed by atoms with Crippen LogP contribution in [0, 0.1) is 5.92 Å². The van der Waals surface area contributed by atoms with E-state index in [9.17, 15) is 24.0 Å². The Balaban J connectivity index is 1.60. The largest absolute Gasteiger partial charge is 0.458 e. The SMILES string of the molecule is CCCC(C)(F)C[C@@H](C(=O)Oc1cc(C2CCOCC2)ccc1C(=O)N(C)[C@@H](CC1CC1)C(=O)OCC(=O)OCc1ccccc1)N(C)C(=O)OC(C)(C)C. The molecule has 1 saturated heterocycles. The Hall–Kier alpha value is -4.52. The summed E-state index contributed by atoms with van der Waals surface area (Å²) in [6.45, 7) is 8.72. The van der Waals surface area contributed by atoms with Gasteiger partial charge in [0.1, 0.15) is 35.7 Å². The van der Waals surface area contributed by atoms with Crippen molar-refractivity contribution in [3.63, 3.8) is 0 Å². The number of amides is 2. The fraction of sp³-hybridized carbons (Fsp3) is 0.595. The van der Waals surface area contributed by atoms with Gasteiger partial charge in [-0.25, -0.2) is 23.6 Å². The van der Waals surface area contributed by atoms with Gasteiger partial charge in [-0.2, -0.15) is 0 Å². The van der Waals surface area contributed by atoms with Crippen molar-refractivity contribution in [3.05, 3.63) is 65.2 Å². The van der Waals surface area contributed by atoms with E-state index in [2.05, 4.69) is 0 Å². The Morgan fingerprint density at radius 3 is 2.16 bits per heavy atom. The Labute approximate surface area is 323 Å². The zero-order valence-electron chi connectivity index (χ0n) is 33.3. The molecule has 1 aliphatic carbocycles. The fourth-order valence-electron chi connectivity index (χ4n) is 6.55. The molecular formula is C42H57FN2O10. The van der Waals surface area contributed by atoms with Crippen molar-refractivity contribution in [2.75, 3.05) is 33.9 Å². The lowest BCUT2D eigenvalue weighted by Crippen LogP contribution is -2.49. The van der Waals surface area contributed by atoms with Crippen LogP contribution in [0.1, 0.15) is 113 Å². The molecule has 1 saturated carbocycles. The van der Waals surface area contributed by atoms with Crippen LogP contribution in [-0.4, -0.2) is 97.0 Å². The Morgan fingerprint density at radius 1 is 0.873 bits per heavy atom. The summed E-state index contributed by atoms with van der Waals surface area (Å²) in [7, 11) is 2.81. The average molecular weight is 769 g/mol. The second kappa shape index (κ2) is 19.4. The van der Waals surface area contributed by atoms with E-state index in [-0.39, 0.29) is 42.6 Å². The van der Waals surface area contributed by atoms with Gasteiger partial charge >= 0.3 is 24.0 Å². The summed E-state index contributed by atoms with van der Waals surface area (Å²) in [5.74, 6) is -2.92. The first kappa shape index (κ1) is 43.2. The van der Waals surface area contributed by atoms with Crippen LogP contribution in [0.5, 0.6) is 5.75 Å². The number of ether oxygens (including phenoxy) is 5. The third-order valence-electron chi connectivity index (χ3n) is 9.84. The van der Waals surface area contributed by atoms with Gasteiger partial charge in [0, 0.05) is 33.7 Å². The molecule has 2 aliphatic rings. The lowest BCUT2D eigenvalue weighted by Gasteiger charge is -2.33. The molecule has 12 nitrogen and oxygen atoms in total. The molecule has 4 rings (SSSR count). The van der Waals surface area contributed by atoms with E-state index in [1.165, 1.54) is 25.9 Å². The van der Waals surface area contributed by atoms with Gasteiger partial charge < -0.3 is 28.6 Å². The minimum atomic E-state index is -1.83. The minimum absolute atomic E-state index is 0.0160. The van der Waals surface area contributed by atoms with Crippen molar-refractivity contribution in [3.8, 4) is 5.75 Å². The Morgan fingerprint density at radius 2 is 1.55 bits per heavy atom. The van der Waals surface area contributed by atoms with E-state index < -0.39 is 59.9 Å². The van der Waals surface area contributed by atoms with E-state index in [4.69, 9.17) is 23.7 Å². The third kappa shape index (κ3) is 13.3. The van der Waals surface area contributed by atoms with Gasteiger partial charge in [0.2, 0.25) is 0 Å². The molecule has 0 N–H and O–H groups in total. The number of likely N-dealkylation sites (N-methyl/N-ethyl adjacent to an activating group) is 2. The van der Waals surface area contributed by atoms with Crippen molar-refractivity contribution in [1.29, 1.82) is 0 Å². The summed E-state index contributed by atoms with van der Waals surface area (Å²) >= 11 is 0. The number of halogens is 1. The predicted octanol–water partition coefficient (Wildman–Crippen LogP) is 7.17. The Bertz CT molecular complexity index is 1630. The van der Waals surface area contributed by atoms with Crippen LogP contribution in [0.25, 0.3) is 0 Å². The number of rotatable bonds is 17. The maximum absolute atomic E-state index is 15.8. The normalized spacial score (nSPS) is 16.9. The first-order valence-electron chi connectivity index (χ1n) is 19.2. The van der Waals surface area contributed by atoms with Crippen LogP contribution in [0.4, 0.5) is 9.18 Å². The average Bonchev–Trinajstić information content (AvgIpc) is 3.98. The smallest absolute Gasteiger partial charge is 0.410 e. The molecule has 2 amide bonds. The van der Waals surface area contributed by atoms with E-state index in [1.54, 1.807) is 51.1 Å². The first-order chi connectivity index (χ1) is 26.0. The maximum Gasteiger partial charge on any atom is 0.410 e. The van der Waals surface area contributed by atoms with E-state index in [1.807, 2.05) is 25.1 Å². The monoisotopic (exact) mass is 768 g/mol. The minimum Gasteiger partial charge on any atom is -0.458 e. The summed E-state index contributed by atoms with van der Waals surface area (Å²) in [6.07, 6.45) is 2.93. The van der Waals surface area contributed by atoms with E-state index >= 15 is 4.39 Å². The predicted molar refractivity (Wildman–Crippen MR) is 202 cm³/mol.